The highest BCUT2D eigenvalue weighted by Crippen LogP contribution is 2.28. The van der Waals surface area contributed by atoms with E-state index < -0.39 is 0 Å². The van der Waals surface area contributed by atoms with Gasteiger partial charge >= 0.3 is 0 Å². The first-order valence-electron chi connectivity index (χ1n) is 17.9. The van der Waals surface area contributed by atoms with E-state index in [-0.39, 0.29) is 10.1 Å². The first kappa shape index (κ1) is 41.7. The van der Waals surface area contributed by atoms with Crippen molar-refractivity contribution in [3.8, 4) is 0 Å². The van der Waals surface area contributed by atoms with Crippen molar-refractivity contribution in [1.29, 1.82) is 0 Å². The average Bonchev–Trinajstić information content (AvgIpc) is 2.95. The van der Waals surface area contributed by atoms with Gasteiger partial charge in [0.05, 0.1) is 13.2 Å². The molecule has 0 amide bonds. The number of hydrogen-bond donors (Lipinski definition) is 2. The normalized spacial score (nSPS) is 14.5. The van der Waals surface area contributed by atoms with Gasteiger partial charge in [-0.05, 0) is 73.8 Å². The quantitative estimate of drug-likeness (QED) is 0.0556. The fourth-order valence-corrected chi connectivity index (χ4v) is 6.74. The van der Waals surface area contributed by atoms with E-state index in [1.807, 2.05) is 0 Å². The molecule has 0 aliphatic carbocycles. The second-order valence-electron chi connectivity index (χ2n) is 12.9. The molecule has 0 radical (unpaired) electrons. The molecule has 0 fully saturated rings. The summed E-state index contributed by atoms with van der Waals surface area (Å²) in [5, 5.41) is 19.9. The fraction of sp³-hybridized carbons (Fsp3) is 0.944. The second-order valence-corrected chi connectivity index (χ2v) is 13.8. The topological polar surface area (TPSA) is 58.9 Å². The van der Waals surface area contributed by atoms with Crippen LogP contribution in [0.25, 0.3) is 0 Å². The van der Waals surface area contributed by atoms with Crippen molar-refractivity contribution < 1.29 is 19.7 Å². The Hall–Kier alpha value is -0.300. The maximum Gasteiger partial charge on any atom is 0.156 e. The molecule has 0 aromatic heterocycles. The molecule has 250 valence electrons. The number of aliphatic hydroxyl groups is 2. The van der Waals surface area contributed by atoms with Crippen LogP contribution < -0.4 is 0 Å². The predicted octanol–water partition coefficient (Wildman–Crippen LogP) is 11.9. The third-order valence-corrected chi connectivity index (χ3v) is 9.39. The van der Waals surface area contributed by atoms with Crippen LogP contribution in [0.4, 0.5) is 0 Å². The van der Waals surface area contributed by atoms with E-state index in [1.165, 1.54) is 103 Å². The lowest BCUT2D eigenvalue weighted by Gasteiger charge is -2.23. The van der Waals surface area contributed by atoms with Gasteiger partial charge in [-0.2, -0.15) is 0 Å². The Labute approximate surface area is 272 Å². The highest BCUT2D eigenvalue weighted by atomic mass is 32.1. The maximum absolute atomic E-state index is 9.80. The summed E-state index contributed by atoms with van der Waals surface area (Å²) in [5.41, 5.74) is 0. The molecule has 4 nitrogen and oxygen atoms in total. The number of aliphatic hydroxyl groups excluding tert-OH is 2. The van der Waals surface area contributed by atoms with Gasteiger partial charge in [0.1, 0.15) is 0 Å². The Kier molecular flexibility index (Phi) is 30.5. The maximum atomic E-state index is 9.80. The summed E-state index contributed by atoms with van der Waals surface area (Å²) >= 11 is 10.1. The summed E-state index contributed by atoms with van der Waals surface area (Å²) < 4.78 is 11.8. The lowest BCUT2D eigenvalue weighted by Crippen LogP contribution is -2.17. The van der Waals surface area contributed by atoms with E-state index >= 15 is 0 Å². The van der Waals surface area contributed by atoms with E-state index in [4.69, 9.17) is 33.9 Å². The second kappa shape index (κ2) is 30.7. The van der Waals surface area contributed by atoms with Crippen molar-refractivity contribution in [2.75, 3.05) is 26.4 Å². The number of unbranched alkanes of at least 4 members (excludes halogenated alkanes) is 10. The monoisotopic (exact) mass is 630 g/mol. The van der Waals surface area contributed by atoms with Crippen molar-refractivity contribution >= 4 is 34.5 Å². The van der Waals surface area contributed by atoms with E-state index in [1.54, 1.807) is 0 Å². The van der Waals surface area contributed by atoms with E-state index in [0.717, 1.165) is 25.7 Å². The lowest BCUT2D eigenvalue weighted by molar-refractivity contribution is 0.0365. The third-order valence-electron chi connectivity index (χ3n) is 9.06. The van der Waals surface area contributed by atoms with Crippen LogP contribution in [0.3, 0.4) is 0 Å². The molecule has 0 aromatic carbocycles. The van der Waals surface area contributed by atoms with Crippen LogP contribution in [-0.4, -0.2) is 46.7 Å². The van der Waals surface area contributed by atoms with Gasteiger partial charge in [0, 0.05) is 26.1 Å². The van der Waals surface area contributed by atoms with Crippen LogP contribution in [0.5, 0.6) is 0 Å². The first-order valence-corrected chi connectivity index (χ1v) is 18.8. The van der Waals surface area contributed by atoms with Gasteiger partial charge in [0.15, 0.2) is 10.1 Å². The summed E-state index contributed by atoms with van der Waals surface area (Å²) in [6.45, 7) is 11.7. The molecule has 0 aromatic rings. The molecule has 0 rings (SSSR count). The van der Waals surface area contributed by atoms with E-state index in [0.29, 0.717) is 62.9 Å². The number of hydrogen-bond acceptors (Lipinski definition) is 4. The third kappa shape index (κ3) is 27.3. The molecular weight excluding hydrogens is 561 g/mol. The molecule has 6 heteroatoms. The Morgan fingerprint density at radius 2 is 0.833 bits per heavy atom. The van der Waals surface area contributed by atoms with E-state index in [9.17, 15) is 10.2 Å². The molecule has 0 spiro atoms. The van der Waals surface area contributed by atoms with Crippen molar-refractivity contribution in [3.05, 3.63) is 0 Å². The molecule has 42 heavy (non-hydrogen) atoms. The summed E-state index contributed by atoms with van der Waals surface area (Å²) in [4.78, 5) is 0. The summed E-state index contributed by atoms with van der Waals surface area (Å²) in [6.07, 6.45) is 26.3. The molecule has 0 aliphatic rings. The minimum Gasteiger partial charge on any atom is -0.502 e. The predicted molar refractivity (Wildman–Crippen MR) is 190 cm³/mol. The van der Waals surface area contributed by atoms with Gasteiger partial charge in [-0.15, -0.1) is 0 Å². The Morgan fingerprint density at radius 3 is 1.17 bits per heavy atom. The molecule has 0 aliphatic heterocycles. The van der Waals surface area contributed by atoms with Gasteiger partial charge in [0.25, 0.3) is 0 Å². The smallest absolute Gasteiger partial charge is 0.156 e. The standard InChI is InChI=1S/C36H70O4S2/c1-5-9-11-13-15-17-19-31(7-3)27-33(29-35(37)41)21-23-39-25-26-40-24-22-34(30-36(38)42)28-32(8-4)20-18-16-14-12-10-6-2/h31-34H,5-30H2,1-4H3,(H,37,41)(H,38,42). The van der Waals surface area contributed by atoms with Crippen LogP contribution in [0.2, 0.25) is 0 Å². The number of ether oxygens (including phenoxy) is 2. The zero-order valence-electron chi connectivity index (χ0n) is 28.2. The van der Waals surface area contributed by atoms with Gasteiger partial charge < -0.3 is 19.7 Å². The molecule has 2 N–H and O–H groups in total. The zero-order chi connectivity index (χ0) is 31.3. The largest absolute Gasteiger partial charge is 0.502 e. The molecular formula is C36H70O4S2. The highest BCUT2D eigenvalue weighted by Gasteiger charge is 2.18. The fourth-order valence-electron chi connectivity index (χ4n) is 6.27. The molecule has 0 heterocycles. The van der Waals surface area contributed by atoms with Gasteiger partial charge in [-0.3, -0.25) is 0 Å². The molecule has 4 atom stereocenters. The van der Waals surface area contributed by atoms with Crippen LogP contribution in [0.15, 0.2) is 0 Å². The van der Waals surface area contributed by atoms with Gasteiger partial charge in [0.2, 0.25) is 0 Å². The molecule has 4 unspecified atom stereocenters. The summed E-state index contributed by atoms with van der Waals surface area (Å²) in [7, 11) is 0. The molecule has 0 saturated carbocycles. The summed E-state index contributed by atoms with van der Waals surface area (Å²) in [5.74, 6) is 2.19. The van der Waals surface area contributed by atoms with Crippen molar-refractivity contribution in [2.45, 2.75) is 169 Å². The average molecular weight is 631 g/mol. The molecule has 0 bridgehead atoms. The Bertz CT molecular complexity index is 563. The Morgan fingerprint density at radius 1 is 0.476 bits per heavy atom. The van der Waals surface area contributed by atoms with Crippen LogP contribution in [-0.2, 0) is 9.47 Å². The van der Waals surface area contributed by atoms with Crippen molar-refractivity contribution in [3.63, 3.8) is 0 Å². The van der Waals surface area contributed by atoms with Gasteiger partial charge in [-0.1, -0.05) is 130 Å². The number of rotatable bonds is 33. The van der Waals surface area contributed by atoms with Crippen LogP contribution in [0, 0.1) is 23.7 Å². The zero-order valence-corrected chi connectivity index (χ0v) is 29.9. The first-order chi connectivity index (χ1) is 20.4. The Balaban J connectivity index is 4.26. The minimum absolute atomic E-state index is 0.131. The van der Waals surface area contributed by atoms with Crippen LogP contribution in [0.1, 0.15) is 169 Å². The lowest BCUT2D eigenvalue weighted by atomic mass is 9.85. The summed E-state index contributed by atoms with van der Waals surface area (Å²) in [6, 6.07) is 0. The highest BCUT2D eigenvalue weighted by molar-refractivity contribution is 7.80. The van der Waals surface area contributed by atoms with Crippen LogP contribution >= 0.6 is 24.4 Å². The SMILES string of the molecule is CCCCCCCCC(CC)CC(CCOCCOCCC(CC(O)=S)CC(CC)CCCCCCCC)CC(O)=S. The number of thiocarbonyl (C=S) groups is 2. The van der Waals surface area contributed by atoms with E-state index in [2.05, 4.69) is 27.7 Å². The van der Waals surface area contributed by atoms with Gasteiger partial charge in [-0.25, -0.2) is 0 Å². The molecule has 0 saturated heterocycles. The van der Waals surface area contributed by atoms with Crippen molar-refractivity contribution in [2.24, 2.45) is 23.7 Å². The van der Waals surface area contributed by atoms with Crippen molar-refractivity contribution in [1.82, 2.24) is 0 Å². The minimum atomic E-state index is 0.131.